The summed E-state index contributed by atoms with van der Waals surface area (Å²) in [6, 6.07) is 9.12. The number of hydrogen-bond donors (Lipinski definition) is 0. The number of rotatable bonds is 5. The van der Waals surface area contributed by atoms with E-state index < -0.39 is 29.1 Å². The summed E-state index contributed by atoms with van der Waals surface area (Å²) in [6.07, 6.45) is -3.23. The van der Waals surface area contributed by atoms with Crippen LogP contribution in [-0.2, 0) is 19.8 Å². The number of nitrogens with zero attached hydrogens (tertiary/aromatic N) is 3. The molecular weight excluding hydrogens is 500 g/mol. The third-order valence-electron chi connectivity index (χ3n) is 4.92. The van der Waals surface area contributed by atoms with Crippen molar-refractivity contribution in [1.82, 2.24) is 14.8 Å². The van der Waals surface area contributed by atoms with Gasteiger partial charge in [-0.2, -0.15) is 18.3 Å². The van der Waals surface area contributed by atoms with E-state index in [1.165, 1.54) is 35.3 Å². The van der Waals surface area contributed by atoms with Gasteiger partial charge in [0, 0.05) is 28.8 Å². The number of ether oxygens (including phenoxy) is 1. The smallest absolute Gasteiger partial charge is 0.416 e. The molecule has 4 nitrogen and oxygen atoms in total. The Morgan fingerprint density at radius 1 is 0.971 bits per heavy atom. The van der Waals surface area contributed by atoms with Crippen LogP contribution < -0.4 is 4.74 Å². The highest BCUT2D eigenvalue weighted by molar-refractivity contribution is 6.34. The molecule has 1 aromatic heterocycles. The Balaban J connectivity index is 1.78. The highest BCUT2D eigenvalue weighted by atomic mass is 35.5. The predicted molar refractivity (Wildman–Crippen MR) is 118 cm³/mol. The number of aromatic nitrogens is 3. The average Bonchev–Trinajstić information content (AvgIpc) is 3.19. The summed E-state index contributed by atoms with van der Waals surface area (Å²) in [5.41, 5.74) is -0.181. The Morgan fingerprint density at radius 2 is 1.74 bits per heavy atom. The maximum absolute atomic E-state index is 14.8. The van der Waals surface area contributed by atoms with Crippen molar-refractivity contribution in [2.75, 3.05) is 0 Å². The molecule has 3 aromatic carbocycles. The Labute approximate surface area is 200 Å². The van der Waals surface area contributed by atoms with Crippen LogP contribution in [0.1, 0.15) is 11.1 Å². The Kier molecular flexibility index (Phi) is 6.51. The molecule has 0 saturated carbocycles. The van der Waals surface area contributed by atoms with E-state index in [0.717, 1.165) is 6.07 Å². The lowest BCUT2D eigenvalue weighted by atomic mass is 9.96. The van der Waals surface area contributed by atoms with E-state index in [1.54, 1.807) is 13.1 Å². The second-order valence-corrected chi connectivity index (χ2v) is 8.07. The van der Waals surface area contributed by atoms with Gasteiger partial charge in [-0.05, 0) is 48.0 Å². The molecule has 0 saturated heterocycles. The summed E-state index contributed by atoms with van der Waals surface area (Å²) in [7, 11) is 1.67. The molecule has 0 spiro atoms. The summed E-state index contributed by atoms with van der Waals surface area (Å²) in [5.74, 6) is -1.95. The number of aryl methyl sites for hydroxylation is 1. The van der Waals surface area contributed by atoms with Gasteiger partial charge in [-0.1, -0.05) is 29.3 Å². The first-order valence-electron chi connectivity index (χ1n) is 9.67. The fourth-order valence-electron chi connectivity index (χ4n) is 3.31. The largest absolute Gasteiger partial charge is 0.486 e. The normalized spacial score (nSPS) is 11.6. The van der Waals surface area contributed by atoms with Crippen molar-refractivity contribution >= 4 is 23.2 Å². The van der Waals surface area contributed by atoms with Crippen LogP contribution in [0.5, 0.6) is 5.75 Å². The standard InChI is InChI=1S/C23H14Cl2F5N3O/c1-33-11-31-22(32-33)12-7-14(21-16(24)3-2-4-18(21)26)15(17(25)8-12)10-34-20-6-5-13(9-19(20)27)23(28,29)30/h2-9,11H,10H2,1H3. The zero-order chi connectivity index (χ0) is 24.6. The van der Waals surface area contributed by atoms with Crippen LogP contribution in [-0.4, -0.2) is 14.8 Å². The van der Waals surface area contributed by atoms with Gasteiger partial charge in [-0.3, -0.25) is 4.68 Å². The second-order valence-electron chi connectivity index (χ2n) is 7.25. The van der Waals surface area contributed by atoms with Gasteiger partial charge < -0.3 is 4.74 Å². The molecule has 11 heteroatoms. The van der Waals surface area contributed by atoms with E-state index in [2.05, 4.69) is 10.1 Å². The summed E-state index contributed by atoms with van der Waals surface area (Å²) < 4.78 is 74.4. The van der Waals surface area contributed by atoms with Gasteiger partial charge >= 0.3 is 6.18 Å². The summed E-state index contributed by atoms with van der Waals surface area (Å²) >= 11 is 12.8. The Hall–Kier alpha value is -3.17. The number of alkyl halides is 3. The van der Waals surface area contributed by atoms with Gasteiger partial charge in [0.1, 0.15) is 18.8 Å². The molecule has 0 radical (unpaired) electrons. The molecule has 0 fully saturated rings. The lowest BCUT2D eigenvalue weighted by Gasteiger charge is -2.17. The molecular formula is C23H14Cl2F5N3O. The van der Waals surface area contributed by atoms with Crippen LogP contribution in [0.25, 0.3) is 22.5 Å². The quantitative estimate of drug-likeness (QED) is 0.262. The lowest BCUT2D eigenvalue weighted by molar-refractivity contribution is -0.137. The lowest BCUT2D eigenvalue weighted by Crippen LogP contribution is -2.07. The molecule has 1 heterocycles. The van der Waals surface area contributed by atoms with Crippen LogP contribution in [0.4, 0.5) is 22.0 Å². The van der Waals surface area contributed by atoms with Crippen molar-refractivity contribution in [3.8, 4) is 28.3 Å². The minimum Gasteiger partial charge on any atom is -0.486 e. The average molecular weight is 514 g/mol. The van der Waals surface area contributed by atoms with Crippen LogP contribution in [0, 0.1) is 11.6 Å². The van der Waals surface area contributed by atoms with Crippen molar-refractivity contribution in [2.45, 2.75) is 12.8 Å². The second kappa shape index (κ2) is 9.23. The molecule has 0 aliphatic carbocycles. The number of benzene rings is 3. The zero-order valence-electron chi connectivity index (χ0n) is 17.3. The molecule has 4 rings (SSSR count). The van der Waals surface area contributed by atoms with Gasteiger partial charge in [0.25, 0.3) is 0 Å². The van der Waals surface area contributed by atoms with E-state index in [4.69, 9.17) is 27.9 Å². The molecule has 0 aliphatic rings. The van der Waals surface area contributed by atoms with Crippen molar-refractivity contribution in [2.24, 2.45) is 7.05 Å². The fourth-order valence-corrected chi connectivity index (χ4v) is 3.84. The summed E-state index contributed by atoms with van der Waals surface area (Å²) in [6.45, 7) is -0.378. The van der Waals surface area contributed by atoms with E-state index in [0.29, 0.717) is 23.5 Å². The number of halogens is 7. The first-order valence-corrected chi connectivity index (χ1v) is 10.4. The van der Waals surface area contributed by atoms with Crippen molar-refractivity contribution in [3.63, 3.8) is 0 Å². The van der Waals surface area contributed by atoms with Crippen molar-refractivity contribution in [1.29, 1.82) is 0 Å². The van der Waals surface area contributed by atoms with Gasteiger partial charge in [0.05, 0.1) is 10.6 Å². The Bertz CT molecular complexity index is 1350. The van der Waals surface area contributed by atoms with E-state index in [9.17, 15) is 22.0 Å². The van der Waals surface area contributed by atoms with Crippen molar-refractivity contribution < 1.29 is 26.7 Å². The van der Waals surface area contributed by atoms with Gasteiger partial charge in [-0.15, -0.1) is 0 Å². The van der Waals surface area contributed by atoms with Gasteiger partial charge in [-0.25, -0.2) is 13.8 Å². The third kappa shape index (κ3) is 4.85. The molecule has 34 heavy (non-hydrogen) atoms. The van der Waals surface area contributed by atoms with E-state index in [1.807, 2.05) is 0 Å². The molecule has 4 aromatic rings. The topological polar surface area (TPSA) is 39.9 Å². The van der Waals surface area contributed by atoms with Crippen LogP contribution in [0.2, 0.25) is 10.0 Å². The highest BCUT2D eigenvalue weighted by Gasteiger charge is 2.31. The third-order valence-corrected chi connectivity index (χ3v) is 5.57. The highest BCUT2D eigenvalue weighted by Crippen LogP contribution is 2.39. The molecule has 176 valence electrons. The molecule has 0 unspecified atom stereocenters. The van der Waals surface area contributed by atoms with Gasteiger partial charge in [0.2, 0.25) is 0 Å². The predicted octanol–water partition coefficient (Wildman–Crippen LogP) is 7.33. The minimum absolute atomic E-state index is 0.0235. The molecule has 0 amide bonds. The van der Waals surface area contributed by atoms with Gasteiger partial charge in [0.15, 0.2) is 17.4 Å². The zero-order valence-corrected chi connectivity index (χ0v) is 18.8. The van der Waals surface area contributed by atoms with E-state index in [-0.39, 0.29) is 33.3 Å². The molecule has 0 bridgehead atoms. The first-order chi connectivity index (χ1) is 16.0. The van der Waals surface area contributed by atoms with Crippen LogP contribution in [0.3, 0.4) is 0 Å². The maximum atomic E-state index is 14.8. The molecule has 0 N–H and O–H groups in total. The van der Waals surface area contributed by atoms with E-state index >= 15 is 0 Å². The summed E-state index contributed by atoms with van der Waals surface area (Å²) in [5, 5.41) is 4.42. The molecule has 0 atom stereocenters. The van der Waals surface area contributed by atoms with Crippen molar-refractivity contribution in [3.05, 3.63) is 87.7 Å². The number of hydrogen-bond acceptors (Lipinski definition) is 3. The monoisotopic (exact) mass is 513 g/mol. The molecule has 0 aliphatic heterocycles. The first kappa shape index (κ1) is 24.0. The Morgan fingerprint density at radius 3 is 2.35 bits per heavy atom. The fraction of sp³-hybridized carbons (Fsp3) is 0.130. The van der Waals surface area contributed by atoms with Crippen LogP contribution in [0.15, 0.2) is 54.9 Å². The minimum atomic E-state index is -4.70. The maximum Gasteiger partial charge on any atom is 0.416 e. The van der Waals surface area contributed by atoms with Crippen LogP contribution >= 0.6 is 23.2 Å². The SMILES string of the molecule is Cn1cnc(-c2cc(Cl)c(COc3ccc(C(F)(F)F)cc3F)c(-c3c(F)cccc3Cl)c2)n1. The summed E-state index contributed by atoms with van der Waals surface area (Å²) in [4.78, 5) is 4.16.